The van der Waals surface area contributed by atoms with Gasteiger partial charge in [0.25, 0.3) is 0 Å². The van der Waals surface area contributed by atoms with Crippen LogP contribution in [0, 0.1) is 12.3 Å². The second-order valence-corrected chi connectivity index (χ2v) is 4.74. The highest BCUT2D eigenvalue weighted by Gasteiger charge is 2.09. The van der Waals surface area contributed by atoms with Crippen LogP contribution in [0.15, 0.2) is 17.3 Å². The van der Waals surface area contributed by atoms with E-state index in [1.54, 1.807) is 0 Å². The molecular formula is C14H21ClN4. The molecule has 1 aromatic heterocycles. The van der Waals surface area contributed by atoms with E-state index in [9.17, 15) is 0 Å². The predicted molar refractivity (Wildman–Crippen MR) is 81.3 cm³/mol. The third kappa shape index (κ3) is 4.88. The Bertz CT molecular complexity index is 470. The first kappa shape index (κ1) is 15.5. The predicted octanol–water partition coefficient (Wildman–Crippen LogP) is 2.10. The van der Waals surface area contributed by atoms with Gasteiger partial charge in [0.05, 0.1) is 18.1 Å². The molecule has 19 heavy (non-hydrogen) atoms. The molecule has 1 aromatic rings. The molecule has 104 valence electrons. The van der Waals surface area contributed by atoms with Gasteiger partial charge in [-0.2, -0.15) is 0 Å². The maximum atomic E-state index is 5.98. The van der Waals surface area contributed by atoms with Crippen LogP contribution in [0.4, 0.5) is 0 Å². The van der Waals surface area contributed by atoms with Gasteiger partial charge in [0.1, 0.15) is 0 Å². The minimum atomic E-state index is 0.636. The zero-order valence-electron chi connectivity index (χ0n) is 11.8. The summed E-state index contributed by atoms with van der Waals surface area (Å²) in [6.45, 7) is 4.25. The van der Waals surface area contributed by atoms with Crippen LogP contribution in [0.25, 0.3) is 0 Å². The molecule has 0 aromatic carbocycles. The van der Waals surface area contributed by atoms with E-state index in [1.807, 2.05) is 37.8 Å². The highest BCUT2D eigenvalue weighted by Crippen LogP contribution is 2.14. The van der Waals surface area contributed by atoms with Crippen molar-refractivity contribution in [1.82, 2.24) is 14.8 Å². The fraction of sp³-hybridized carbons (Fsp3) is 0.500. The number of hydrogen-bond donors (Lipinski definition) is 1. The molecule has 1 N–H and O–H groups in total. The van der Waals surface area contributed by atoms with Crippen molar-refractivity contribution in [1.29, 1.82) is 0 Å². The van der Waals surface area contributed by atoms with Crippen molar-refractivity contribution >= 4 is 17.6 Å². The quantitative estimate of drug-likeness (QED) is 0.388. The lowest BCUT2D eigenvalue weighted by atomic mass is 10.4. The smallest absolute Gasteiger partial charge is 0.194 e. The molecule has 0 amide bonds. The van der Waals surface area contributed by atoms with Gasteiger partial charge >= 0.3 is 0 Å². The van der Waals surface area contributed by atoms with E-state index >= 15 is 0 Å². The van der Waals surface area contributed by atoms with Crippen LogP contribution in [-0.4, -0.2) is 35.6 Å². The summed E-state index contributed by atoms with van der Waals surface area (Å²) in [6.07, 6.45) is 7.79. The number of guanidine groups is 1. The summed E-state index contributed by atoms with van der Waals surface area (Å²) in [5, 5.41) is 4.00. The van der Waals surface area contributed by atoms with Gasteiger partial charge in [-0.05, 0) is 13.0 Å². The van der Waals surface area contributed by atoms with Crippen LogP contribution in [0.2, 0.25) is 5.02 Å². The van der Waals surface area contributed by atoms with Gasteiger partial charge in [-0.1, -0.05) is 11.6 Å². The highest BCUT2D eigenvalue weighted by molar-refractivity contribution is 6.30. The molecule has 1 rings (SSSR count). The zero-order chi connectivity index (χ0) is 14.3. The normalized spacial score (nSPS) is 11.2. The fourth-order valence-electron chi connectivity index (χ4n) is 1.74. The standard InChI is InChI=1S/C14H21ClN4/c1-5-7-8-17-14(16-6-2)19(4)11-13-9-12(15)10-18(13)3/h1,9-10H,6-8,11H2,2-4H3,(H,16,17). The Hall–Kier alpha value is -1.60. The van der Waals surface area contributed by atoms with Gasteiger partial charge in [-0.25, -0.2) is 0 Å². The number of hydrogen-bond acceptors (Lipinski definition) is 1. The lowest BCUT2D eigenvalue weighted by Crippen LogP contribution is -2.38. The van der Waals surface area contributed by atoms with Gasteiger partial charge in [0.2, 0.25) is 0 Å². The van der Waals surface area contributed by atoms with Crippen molar-refractivity contribution < 1.29 is 0 Å². The minimum Gasteiger partial charge on any atom is -0.357 e. The summed E-state index contributed by atoms with van der Waals surface area (Å²) in [5.74, 6) is 3.45. The summed E-state index contributed by atoms with van der Waals surface area (Å²) < 4.78 is 2.02. The summed E-state index contributed by atoms with van der Waals surface area (Å²) in [5.41, 5.74) is 1.13. The number of halogens is 1. The highest BCUT2D eigenvalue weighted by atomic mass is 35.5. The maximum Gasteiger partial charge on any atom is 0.194 e. The molecule has 0 saturated carbocycles. The van der Waals surface area contributed by atoms with Crippen molar-refractivity contribution in [2.45, 2.75) is 19.9 Å². The molecule has 0 aliphatic rings. The van der Waals surface area contributed by atoms with E-state index in [4.69, 9.17) is 18.0 Å². The van der Waals surface area contributed by atoms with Crippen LogP contribution >= 0.6 is 11.6 Å². The van der Waals surface area contributed by atoms with Gasteiger partial charge in [-0.15, -0.1) is 12.3 Å². The Balaban J connectivity index is 2.71. The number of nitrogens with zero attached hydrogens (tertiary/aromatic N) is 3. The van der Waals surface area contributed by atoms with E-state index in [0.29, 0.717) is 13.0 Å². The molecule has 0 unspecified atom stereocenters. The number of terminal acetylenes is 1. The molecular weight excluding hydrogens is 260 g/mol. The van der Waals surface area contributed by atoms with E-state index in [-0.39, 0.29) is 0 Å². The van der Waals surface area contributed by atoms with Crippen LogP contribution < -0.4 is 5.32 Å². The third-order valence-corrected chi connectivity index (χ3v) is 2.89. The first-order valence-electron chi connectivity index (χ1n) is 6.32. The van der Waals surface area contributed by atoms with Crippen LogP contribution in [0.5, 0.6) is 0 Å². The second-order valence-electron chi connectivity index (χ2n) is 4.31. The fourth-order valence-corrected chi connectivity index (χ4v) is 2.01. The summed E-state index contributed by atoms with van der Waals surface area (Å²) >= 11 is 5.98. The maximum absolute atomic E-state index is 5.98. The minimum absolute atomic E-state index is 0.636. The van der Waals surface area contributed by atoms with Crippen LogP contribution in [0.1, 0.15) is 19.0 Å². The van der Waals surface area contributed by atoms with Crippen LogP contribution in [0.3, 0.4) is 0 Å². The molecule has 0 saturated heterocycles. The summed E-state index contributed by atoms with van der Waals surface area (Å²) in [4.78, 5) is 6.54. The first-order valence-corrected chi connectivity index (χ1v) is 6.70. The van der Waals surface area contributed by atoms with E-state index in [1.165, 1.54) is 0 Å². The average molecular weight is 281 g/mol. The Labute approximate surface area is 120 Å². The van der Waals surface area contributed by atoms with Crippen molar-refractivity contribution in [3.8, 4) is 12.3 Å². The second kappa shape index (κ2) is 7.75. The van der Waals surface area contributed by atoms with Crippen molar-refractivity contribution in [2.75, 3.05) is 20.1 Å². The topological polar surface area (TPSA) is 32.6 Å². The van der Waals surface area contributed by atoms with Crippen molar-refractivity contribution in [3.63, 3.8) is 0 Å². The summed E-state index contributed by atoms with van der Waals surface area (Å²) in [7, 11) is 3.98. The molecule has 0 bridgehead atoms. The van der Waals surface area contributed by atoms with E-state index < -0.39 is 0 Å². The molecule has 0 spiro atoms. The number of rotatable bonds is 5. The van der Waals surface area contributed by atoms with Gasteiger partial charge < -0.3 is 14.8 Å². The lowest BCUT2D eigenvalue weighted by Gasteiger charge is -2.22. The molecule has 0 aliphatic carbocycles. The van der Waals surface area contributed by atoms with Crippen molar-refractivity contribution in [2.24, 2.45) is 12.0 Å². The number of nitrogens with one attached hydrogen (secondary N) is 1. The number of aromatic nitrogens is 1. The molecule has 0 radical (unpaired) electrons. The molecule has 0 fully saturated rings. The monoisotopic (exact) mass is 280 g/mol. The van der Waals surface area contributed by atoms with Crippen molar-refractivity contribution in [3.05, 3.63) is 23.0 Å². The largest absolute Gasteiger partial charge is 0.357 e. The Morgan fingerprint density at radius 3 is 2.89 bits per heavy atom. The molecule has 1 heterocycles. The van der Waals surface area contributed by atoms with Gasteiger partial charge in [0.15, 0.2) is 5.96 Å². The van der Waals surface area contributed by atoms with E-state index in [0.717, 1.165) is 29.8 Å². The summed E-state index contributed by atoms with van der Waals surface area (Å²) in [6, 6.07) is 1.96. The first-order chi connectivity index (χ1) is 9.08. The Morgan fingerprint density at radius 2 is 2.37 bits per heavy atom. The molecule has 0 atom stereocenters. The average Bonchev–Trinajstić information content (AvgIpc) is 2.67. The Kier molecular flexibility index (Phi) is 6.31. The number of aryl methyl sites for hydroxylation is 1. The lowest BCUT2D eigenvalue weighted by molar-refractivity contribution is 0.462. The number of aliphatic imine (C=N–C) groups is 1. The molecule has 5 heteroatoms. The van der Waals surface area contributed by atoms with E-state index in [2.05, 4.69) is 21.1 Å². The molecule has 4 nitrogen and oxygen atoms in total. The van der Waals surface area contributed by atoms with Gasteiger partial charge in [-0.3, -0.25) is 4.99 Å². The third-order valence-electron chi connectivity index (χ3n) is 2.69. The Morgan fingerprint density at radius 1 is 1.63 bits per heavy atom. The zero-order valence-corrected chi connectivity index (χ0v) is 12.5. The van der Waals surface area contributed by atoms with Gasteiger partial charge in [0, 0.05) is 39.0 Å². The molecule has 0 aliphatic heterocycles. The SMILES string of the molecule is C#CCCN=C(NCC)N(C)Cc1cc(Cl)cn1C. The van der Waals surface area contributed by atoms with Crippen LogP contribution in [-0.2, 0) is 13.6 Å².